The Balaban J connectivity index is 2.09. The highest BCUT2D eigenvalue weighted by Gasteiger charge is 2.21. The van der Waals surface area contributed by atoms with Crippen molar-refractivity contribution in [3.05, 3.63) is 47.5 Å². The highest BCUT2D eigenvalue weighted by molar-refractivity contribution is 6.46. The minimum absolute atomic E-state index is 0.0232. The monoisotopic (exact) mass is 504 g/mol. The van der Waals surface area contributed by atoms with Gasteiger partial charge in [0.05, 0.1) is 0 Å². The van der Waals surface area contributed by atoms with Crippen LogP contribution in [-0.2, 0) is 16.2 Å². The van der Waals surface area contributed by atoms with Crippen LogP contribution in [0, 0.1) is 11.8 Å². The Hall–Kier alpha value is -3.28. The molecule has 6 nitrogen and oxygen atoms in total. The number of oxime groups is 1. The lowest BCUT2D eigenvalue weighted by Crippen LogP contribution is -2.16. The zero-order chi connectivity index (χ0) is 27.1. The highest BCUT2D eigenvalue weighted by atomic mass is 16.7. The van der Waals surface area contributed by atoms with Crippen molar-refractivity contribution in [1.82, 2.24) is 4.57 Å². The summed E-state index contributed by atoms with van der Waals surface area (Å²) in [6.45, 7) is 12.5. The molecule has 1 heterocycles. The van der Waals surface area contributed by atoms with E-state index in [1.165, 1.54) is 6.92 Å². The van der Waals surface area contributed by atoms with E-state index in [9.17, 15) is 14.4 Å². The van der Waals surface area contributed by atoms with Crippen molar-refractivity contribution >= 4 is 45.1 Å². The normalized spacial score (nSPS) is 12.9. The molecule has 1 atom stereocenters. The van der Waals surface area contributed by atoms with Gasteiger partial charge in [-0.05, 0) is 74.9 Å². The summed E-state index contributed by atoms with van der Waals surface area (Å²) in [4.78, 5) is 43.0. The minimum Gasteiger partial charge on any atom is -0.341 e. The fourth-order valence-corrected chi connectivity index (χ4v) is 4.86. The summed E-state index contributed by atoms with van der Waals surface area (Å²) in [5.41, 5.74) is 3.49. The standard InChI is InChI=1S/C31H40N2O4/c1-7-10-11-22(8-2)30(35)23-13-16-28-25(18-23)26-19-24(14-17-29(26)33(28)9-3)31(36)27(15-12-20(4)5)32-37-21(6)34/h13-14,16-20,22H,7-12,15H2,1-6H3/b32-27-. The maximum absolute atomic E-state index is 13.4. The van der Waals surface area contributed by atoms with Crippen LogP contribution in [0.15, 0.2) is 41.6 Å². The summed E-state index contributed by atoms with van der Waals surface area (Å²) >= 11 is 0. The summed E-state index contributed by atoms with van der Waals surface area (Å²) in [5.74, 6) is -0.223. The number of carbonyl (C=O) groups is 3. The second-order valence-electron chi connectivity index (χ2n) is 10.2. The first-order valence-electron chi connectivity index (χ1n) is 13.6. The number of hydrogen-bond acceptors (Lipinski definition) is 5. The molecular formula is C31H40N2O4. The fourth-order valence-electron chi connectivity index (χ4n) is 4.86. The van der Waals surface area contributed by atoms with Crippen LogP contribution in [0.5, 0.6) is 0 Å². The molecule has 2 aromatic carbocycles. The molecule has 0 aliphatic rings. The first-order chi connectivity index (χ1) is 17.7. The van der Waals surface area contributed by atoms with Crippen LogP contribution in [-0.4, -0.2) is 27.8 Å². The Morgan fingerprint density at radius 1 is 0.919 bits per heavy atom. The second kappa shape index (κ2) is 12.8. The Kier molecular flexibility index (Phi) is 9.79. The molecule has 6 heteroatoms. The highest BCUT2D eigenvalue weighted by Crippen LogP contribution is 2.32. The SMILES string of the molecule is CCCCC(CC)C(=O)c1ccc2c(c1)c1cc(C(=O)/C(CCC(C)C)=N\OC(C)=O)ccc1n2CC. The van der Waals surface area contributed by atoms with Crippen molar-refractivity contribution in [2.45, 2.75) is 86.6 Å². The third kappa shape index (κ3) is 6.54. The number of nitrogens with zero attached hydrogens (tertiary/aromatic N) is 2. The van der Waals surface area contributed by atoms with Gasteiger partial charge in [-0.3, -0.25) is 9.59 Å². The molecule has 0 saturated heterocycles. The predicted molar refractivity (Wildman–Crippen MR) is 150 cm³/mol. The Morgan fingerprint density at radius 3 is 2.08 bits per heavy atom. The molecule has 0 saturated carbocycles. The first kappa shape index (κ1) is 28.3. The lowest BCUT2D eigenvalue weighted by molar-refractivity contribution is -0.140. The topological polar surface area (TPSA) is 77.7 Å². The van der Waals surface area contributed by atoms with Gasteiger partial charge in [-0.1, -0.05) is 45.7 Å². The van der Waals surface area contributed by atoms with Crippen LogP contribution in [0.4, 0.5) is 0 Å². The average Bonchev–Trinajstić information content (AvgIpc) is 3.20. The van der Waals surface area contributed by atoms with Gasteiger partial charge in [0.25, 0.3) is 0 Å². The van der Waals surface area contributed by atoms with Crippen molar-refractivity contribution in [2.75, 3.05) is 0 Å². The fraction of sp³-hybridized carbons (Fsp3) is 0.484. The number of hydrogen-bond donors (Lipinski definition) is 0. The maximum Gasteiger partial charge on any atom is 0.331 e. The molecule has 0 N–H and O–H groups in total. The zero-order valence-corrected chi connectivity index (χ0v) is 23.1. The largest absolute Gasteiger partial charge is 0.341 e. The van der Waals surface area contributed by atoms with Gasteiger partial charge in [-0.2, -0.15) is 0 Å². The van der Waals surface area contributed by atoms with Crippen molar-refractivity contribution in [3.63, 3.8) is 0 Å². The van der Waals surface area contributed by atoms with Gasteiger partial charge in [0.2, 0.25) is 5.78 Å². The molecule has 0 radical (unpaired) electrons. The molecule has 0 aliphatic carbocycles. The van der Waals surface area contributed by atoms with Crippen molar-refractivity contribution < 1.29 is 19.2 Å². The van der Waals surface area contributed by atoms with Crippen molar-refractivity contribution in [3.8, 4) is 0 Å². The van der Waals surface area contributed by atoms with Gasteiger partial charge in [-0.25, -0.2) is 4.79 Å². The van der Waals surface area contributed by atoms with E-state index < -0.39 is 5.97 Å². The summed E-state index contributed by atoms with van der Waals surface area (Å²) in [6, 6.07) is 11.6. The number of aryl methyl sites for hydroxylation is 1. The van der Waals surface area contributed by atoms with E-state index in [0.717, 1.165) is 66.0 Å². The number of aromatic nitrogens is 1. The number of unbranched alkanes of at least 4 members (excludes halogenated alkanes) is 1. The van der Waals surface area contributed by atoms with E-state index in [1.807, 2.05) is 30.3 Å². The molecule has 0 amide bonds. The smallest absolute Gasteiger partial charge is 0.331 e. The predicted octanol–water partition coefficient (Wildman–Crippen LogP) is 7.75. The van der Waals surface area contributed by atoms with Crippen LogP contribution in [0.1, 0.15) is 101 Å². The molecule has 3 rings (SSSR count). The molecule has 0 spiro atoms. The van der Waals surface area contributed by atoms with Gasteiger partial charge in [-0.15, -0.1) is 0 Å². The van der Waals surface area contributed by atoms with E-state index in [2.05, 4.69) is 44.3 Å². The number of carbonyl (C=O) groups excluding carboxylic acids is 3. The van der Waals surface area contributed by atoms with Gasteiger partial charge in [0.15, 0.2) is 5.78 Å². The molecule has 0 bridgehead atoms. The quantitative estimate of drug-likeness (QED) is 0.103. The van der Waals surface area contributed by atoms with Crippen LogP contribution in [0.25, 0.3) is 21.8 Å². The Morgan fingerprint density at radius 2 is 1.54 bits per heavy atom. The zero-order valence-electron chi connectivity index (χ0n) is 23.1. The molecule has 198 valence electrons. The number of rotatable bonds is 13. The average molecular weight is 505 g/mol. The van der Waals surface area contributed by atoms with Gasteiger partial charge < -0.3 is 9.40 Å². The lowest BCUT2D eigenvalue weighted by atomic mass is 9.90. The third-order valence-electron chi connectivity index (χ3n) is 7.00. The summed E-state index contributed by atoms with van der Waals surface area (Å²) in [7, 11) is 0. The van der Waals surface area contributed by atoms with E-state index in [1.54, 1.807) is 6.07 Å². The van der Waals surface area contributed by atoms with E-state index >= 15 is 0 Å². The minimum atomic E-state index is -0.558. The molecular weight excluding hydrogens is 464 g/mol. The lowest BCUT2D eigenvalue weighted by Gasteiger charge is -2.13. The van der Waals surface area contributed by atoms with E-state index in [-0.39, 0.29) is 23.2 Å². The molecule has 0 aliphatic heterocycles. The van der Waals surface area contributed by atoms with Gasteiger partial charge in [0.1, 0.15) is 5.71 Å². The van der Waals surface area contributed by atoms with E-state index in [4.69, 9.17) is 4.84 Å². The van der Waals surface area contributed by atoms with Crippen molar-refractivity contribution in [1.29, 1.82) is 0 Å². The van der Waals surface area contributed by atoms with E-state index in [0.29, 0.717) is 17.9 Å². The molecule has 1 aromatic heterocycles. The van der Waals surface area contributed by atoms with Gasteiger partial charge >= 0.3 is 5.97 Å². The van der Waals surface area contributed by atoms with Crippen LogP contribution in [0.2, 0.25) is 0 Å². The third-order valence-corrected chi connectivity index (χ3v) is 7.00. The number of Topliss-reactive ketones (excluding diaryl/α,β-unsaturated/α-hetero) is 2. The maximum atomic E-state index is 13.4. The molecule has 37 heavy (non-hydrogen) atoms. The van der Waals surface area contributed by atoms with Crippen LogP contribution in [0.3, 0.4) is 0 Å². The Labute approximate surface area is 220 Å². The number of benzene rings is 2. The molecule has 3 aromatic rings. The number of ketones is 2. The number of fused-ring (bicyclic) bond motifs is 3. The van der Waals surface area contributed by atoms with Gasteiger partial charge in [0, 0.05) is 52.3 Å². The summed E-state index contributed by atoms with van der Waals surface area (Å²) in [6.07, 6.45) is 5.02. The Bertz CT molecular complexity index is 1320. The van der Waals surface area contributed by atoms with Crippen LogP contribution < -0.4 is 0 Å². The van der Waals surface area contributed by atoms with Crippen LogP contribution >= 0.6 is 0 Å². The summed E-state index contributed by atoms with van der Waals surface area (Å²) in [5, 5.41) is 5.78. The molecule has 0 fully saturated rings. The molecule has 1 unspecified atom stereocenters. The second-order valence-corrected chi connectivity index (χ2v) is 10.2. The van der Waals surface area contributed by atoms with Crippen molar-refractivity contribution in [2.24, 2.45) is 17.0 Å². The first-order valence-corrected chi connectivity index (χ1v) is 13.6. The summed E-state index contributed by atoms with van der Waals surface area (Å²) < 4.78 is 2.20.